The molecule has 132 valence electrons. The molecule has 0 unspecified atom stereocenters. The molecule has 1 aliphatic rings. The van der Waals surface area contributed by atoms with Gasteiger partial charge in [0.1, 0.15) is 11.6 Å². The molecule has 9 heteroatoms. The van der Waals surface area contributed by atoms with Gasteiger partial charge < -0.3 is 9.84 Å². The molecule has 0 radical (unpaired) electrons. The first-order valence-corrected chi connectivity index (χ1v) is 7.83. The Morgan fingerprint density at radius 2 is 2.33 bits per heavy atom. The number of hydrogen-bond donors (Lipinski definition) is 3. The van der Waals surface area contributed by atoms with Crippen molar-refractivity contribution >= 4 is 23.6 Å². The van der Waals surface area contributed by atoms with Gasteiger partial charge in [0.25, 0.3) is 0 Å². The second-order valence-corrected chi connectivity index (χ2v) is 5.92. The first kappa shape index (κ1) is 18.4. The zero-order valence-corrected chi connectivity index (χ0v) is 14.1. The summed E-state index contributed by atoms with van der Waals surface area (Å²) < 4.78 is 20.3. The third-order valence-electron chi connectivity index (χ3n) is 4.00. The van der Waals surface area contributed by atoms with Crippen LogP contribution in [-0.4, -0.2) is 35.2 Å². The van der Waals surface area contributed by atoms with Gasteiger partial charge >= 0.3 is 6.09 Å². The molecule has 2 amide bonds. The van der Waals surface area contributed by atoms with Crippen LogP contribution in [0, 0.1) is 5.82 Å². The third kappa shape index (κ3) is 3.31. The molecule has 0 spiro atoms. The Labute approximate surface area is 143 Å². The molecule has 7 nitrogen and oxygen atoms in total. The maximum atomic E-state index is 14.7. The smallest absolute Gasteiger partial charge is 0.414 e. The molecule has 2 atom stereocenters. The third-order valence-corrected chi connectivity index (χ3v) is 4.28. The number of amides is 2. The van der Waals surface area contributed by atoms with Crippen LogP contribution in [-0.2, 0) is 4.79 Å². The van der Waals surface area contributed by atoms with Crippen LogP contribution < -0.4 is 16.0 Å². The molecular formula is C15H19ClFN3O4. The van der Waals surface area contributed by atoms with Crippen LogP contribution in [0.3, 0.4) is 0 Å². The van der Waals surface area contributed by atoms with Gasteiger partial charge in [-0.15, -0.1) is 0 Å². The molecule has 2 rings (SSSR count). The van der Waals surface area contributed by atoms with Crippen LogP contribution in [0.4, 0.5) is 9.18 Å². The zero-order chi connectivity index (χ0) is 18.0. The number of halogens is 2. The van der Waals surface area contributed by atoms with Crippen molar-refractivity contribution in [3.8, 4) is 5.75 Å². The van der Waals surface area contributed by atoms with Crippen molar-refractivity contribution in [2.45, 2.75) is 32.2 Å². The predicted molar refractivity (Wildman–Crippen MR) is 85.4 cm³/mol. The molecule has 0 aromatic heterocycles. The van der Waals surface area contributed by atoms with E-state index in [4.69, 9.17) is 27.3 Å². The standard InChI is InChI=1S/C15H19ClFN3O4/c1-3-24-14-9(7(2)19-18)5-10(16)13(17)12(14)8-4-11(21)20(6-8)15(22)23/h5,7-8,19H,3-4,6,18H2,1-2H3,(H,22,23)/t7-,8-/m0/s1. The lowest BCUT2D eigenvalue weighted by molar-refractivity contribution is -0.125. The first-order valence-electron chi connectivity index (χ1n) is 7.45. The van der Waals surface area contributed by atoms with Crippen LogP contribution in [0.5, 0.6) is 5.75 Å². The number of benzene rings is 1. The van der Waals surface area contributed by atoms with Gasteiger partial charge in [0.2, 0.25) is 5.91 Å². The number of nitrogens with one attached hydrogen (secondary N) is 1. The van der Waals surface area contributed by atoms with Gasteiger partial charge in [0.05, 0.1) is 11.6 Å². The highest BCUT2D eigenvalue weighted by Gasteiger charge is 2.39. The van der Waals surface area contributed by atoms with Crippen molar-refractivity contribution in [2.24, 2.45) is 5.84 Å². The lowest BCUT2D eigenvalue weighted by Gasteiger charge is -2.23. The minimum Gasteiger partial charge on any atom is -0.493 e. The topological polar surface area (TPSA) is 105 Å². The number of imide groups is 1. The van der Waals surface area contributed by atoms with E-state index in [0.717, 1.165) is 0 Å². The fourth-order valence-corrected chi connectivity index (χ4v) is 3.04. The number of carbonyl (C=O) groups is 2. The minimum absolute atomic E-state index is 0.110. The molecule has 4 N–H and O–H groups in total. The van der Waals surface area contributed by atoms with Crippen molar-refractivity contribution in [3.63, 3.8) is 0 Å². The van der Waals surface area contributed by atoms with Gasteiger partial charge in [-0.05, 0) is 19.9 Å². The molecule has 1 aromatic rings. The fourth-order valence-electron chi connectivity index (χ4n) is 2.82. The number of carboxylic acid groups (broad SMARTS) is 1. The molecular weight excluding hydrogens is 341 g/mol. The number of rotatable bonds is 5. The van der Waals surface area contributed by atoms with E-state index >= 15 is 0 Å². The molecule has 1 aromatic carbocycles. The number of nitrogens with zero attached hydrogens (tertiary/aromatic N) is 1. The largest absolute Gasteiger partial charge is 0.493 e. The summed E-state index contributed by atoms with van der Waals surface area (Å²) in [4.78, 5) is 23.6. The van der Waals surface area contributed by atoms with Crippen molar-refractivity contribution < 1.29 is 23.8 Å². The van der Waals surface area contributed by atoms with Gasteiger partial charge in [-0.1, -0.05) is 11.6 Å². The van der Waals surface area contributed by atoms with Crippen molar-refractivity contribution in [1.29, 1.82) is 0 Å². The highest BCUT2D eigenvalue weighted by molar-refractivity contribution is 6.31. The van der Waals surface area contributed by atoms with E-state index in [1.54, 1.807) is 13.8 Å². The Kier molecular flexibility index (Phi) is 5.63. The Morgan fingerprint density at radius 3 is 2.83 bits per heavy atom. The van der Waals surface area contributed by atoms with E-state index in [1.165, 1.54) is 6.07 Å². The highest BCUT2D eigenvalue weighted by atomic mass is 35.5. The number of carbonyl (C=O) groups excluding carboxylic acids is 1. The van der Waals surface area contributed by atoms with Gasteiger partial charge in [0, 0.05) is 36.1 Å². The minimum atomic E-state index is -1.36. The second kappa shape index (κ2) is 7.33. The molecule has 1 fully saturated rings. The van der Waals surface area contributed by atoms with E-state index in [9.17, 15) is 14.0 Å². The van der Waals surface area contributed by atoms with Gasteiger partial charge in [-0.2, -0.15) is 0 Å². The van der Waals surface area contributed by atoms with Crippen LogP contribution in [0.25, 0.3) is 0 Å². The average Bonchev–Trinajstić information content (AvgIpc) is 2.92. The van der Waals surface area contributed by atoms with Gasteiger partial charge in [0.15, 0.2) is 0 Å². The maximum Gasteiger partial charge on any atom is 0.414 e. The van der Waals surface area contributed by atoms with E-state index in [1.807, 2.05) is 0 Å². The number of likely N-dealkylation sites (tertiary alicyclic amines) is 1. The summed E-state index contributed by atoms with van der Waals surface area (Å²) in [5.41, 5.74) is 3.20. The highest BCUT2D eigenvalue weighted by Crippen LogP contribution is 2.42. The normalized spacial score (nSPS) is 18.8. The Balaban J connectivity index is 2.57. The van der Waals surface area contributed by atoms with Crippen molar-refractivity contribution in [2.75, 3.05) is 13.2 Å². The van der Waals surface area contributed by atoms with E-state index in [-0.39, 0.29) is 41.9 Å². The summed E-state index contributed by atoms with van der Waals surface area (Å²) in [6, 6.07) is 1.04. The maximum absolute atomic E-state index is 14.7. The Morgan fingerprint density at radius 1 is 1.67 bits per heavy atom. The van der Waals surface area contributed by atoms with Crippen LogP contribution >= 0.6 is 11.6 Å². The molecule has 1 aliphatic heterocycles. The number of nitrogens with two attached hydrogens (primary N) is 1. The van der Waals surface area contributed by atoms with Crippen LogP contribution in [0.15, 0.2) is 6.07 Å². The summed E-state index contributed by atoms with van der Waals surface area (Å²) in [6.07, 6.45) is -1.49. The second-order valence-electron chi connectivity index (χ2n) is 5.51. The van der Waals surface area contributed by atoms with Crippen molar-refractivity contribution in [3.05, 3.63) is 28.0 Å². The Bertz CT molecular complexity index is 671. The Hall–Kier alpha value is -1.90. The number of ether oxygens (including phenoxy) is 1. The van der Waals surface area contributed by atoms with E-state index in [0.29, 0.717) is 10.5 Å². The summed E-state index contributed by atoms with van der Waals surface area (Å²) in [5.74, 6) is 3.75. The van der Waals surface area contributed by atoms with E-state index < -0.39 is 23.7 Å². The molecule has 1 saturated heterocycles. The summed E-state index contributed by atoms with van der Waals surface area (Å²) in [7, 11) is 0. The molecule has 0 aliphatic carbocycles. The number of hydrazine groups is 1. The summed E-state index contributed by atoms with van der Waals surface area (Å²) >= 11 is 5.99. The summed E-state index contributed by atoms with van der Waals surface area (Å²) in [5, 5.41) is 8.92. The monoisotopic (exact) mass is 359 g/mol. The first-order chi connectivity index (χ1) is 11.3. The molecule has 1 heterocycles. The lowest BCUT2D eigenvalue weighted by Crippen LogP contribution is -2.30. The number of hydrogen-bond acceptors (Lipinski definition) is 5. The summed E-state index contributed by atoms with van der Waals surface area (Å²) in [6.45, 7) is 3.61. The predicted octanol–water partition coefficient (Wildman–Crippen LogP) is 2.40. The fraction of sp³-hybridized carbons (Fsp3) is 0.467. The molecule has 24 heavy (non-hydrogen) atoms. The SMILES string of the molecule is CCOc1c([C@H](C)NN)cc(Cl)c(F)c1[C@H]1CC(=O)N(C(=O)O)C1. The molecule has 0 bridgehead atoms. The van der Waals surface area contributed by atoms with Crippen LogP contribution in [0.1, 0.15) is 43.4 Å². The molecule has 0 saturated carbocycles. The lowest BCUT2D eigenvalue weighted by atomic mass is 9.92. The zero-order valence-electron chi connectivity index (χ0n) is 13.3. The van der Waals surface area contributed by atoms with Gasteiger partial charge in [-0.25, -0.2) is 14.1 Å². The average molecular weight is 360 g/mol. The van der Waals surface area contributed by atoms with Gasteiger partial charge in [-0.3, -0.25) is 16.1 Å². The van der Waals surface area contributed by atoms with Crippen molar-refractivity contribution in [1.82, 2.24) is 10.3 Å². The van der Waals surface area contributed by atoms with E-state index in [2.05, 4.69) is 5.43 Å². The van der Waals surface area contributed by atoms with Crippen LogP contribution in [0.2, 0.25) is 5.02 Å². The quantitative estimate of drug-likeness (QED) is 0.550.